The highest BCUT2D eigenvalue weighted by Gasteiger charge is 2.21. The molecule has 0 fully saturated rings. The van der Waals surface area contributed by atoms with E-state index in [1.54, 1.807) is 14.0 Å². The summed E-state index contributed by atoms with van der Waals surface area (Å²) in [6.07, 6.45) is 2.21. The molecule has 1 N–H and O–H groups in total. The van der Waals surface area contributed by atoms with Crippen molar-refractivity contribution in [3.8, 4) is 0 Å². The minimum atomic E-state index is -0.293. The summed E-state index contributed by atoms with van der Waals surface area (Å²) in [7, 11) is 1.59. The number of carbonyl (C=O) groups is 1. The highest BCUT2D eigenvalue weighted by atomic mass is 16.3. The summed E-state index contributed by atoms with van der Waals surface area (Å²) in [4.78, 5) is 28.0. The molecule has 1 amide bonds. The van der Waals surface area contributed by atoms with E-state index in [0.29, 0.717) is 12.3 Å². The second-order valence-corrected chi connectivity index (χ2v) is 4.13. The van der Waals surface area contributed by atoms with Gasteiger partial charge in [-0.05, 0) is 13.3 Å². The molecule has 0 atom stereocenters. The van der Waals surface area contributed by atoms with E-state index < -0.39 is 0 Å². The van der Waals surface area contributed by atoms with E-state index in [2.05, 4.69) is 10.3 Å². The molecule has 0 saturated heterocycles. The molecule has 6 nitrogen and oxygen atoms in total. The lowest BCUT2D eigenvalue weighted by Crippen LogP contribution is -2.26. The van der Waals surface area contributed by atoms with Gasteiger partial charge >= 0.3 is 0 Å². The predicted octanol–water partition coefficient (Wildman–Crippen LogP) is 0.975. The van der Waals surface area contributed by atoms with Crippen molar-refractivity contribution in [2.75, 3.05) is 6.54 Å². The van der Waals surface area contributed by atoms with Gasteiger partial charge in [0.2, 0.25) is 5.71 Å². The topological polar surface area (TPSA) is 77.1 Å². The molecule has 0 bridgehead atoms. The number of hydrogen-bond acceptors (Lipinski definition) is 4. The van der Waals surface area contributed by atoms with Crippen LogP contribution in [0.1, 0.15) is 29.5 Å². The van der Waals surface area contributed by atoms with Crippen LogP contribution in [0.4, 0.5) is 0 Å². The van der Waals surface area contributed by atoms with Crippen molar-refractivity contribution in [1.82, 2.24) is 14.9 Å². The van der Waals surface area contributed by atoms with E-state index >= 15 is 0 Å². The molecule has 0 aliphatic carbocycles. The van der Waals surface area contributed by atoms with Crippen LogP contribution in [0.15, 0.2) is 15.5 Å². The third-order valence-electron chi connectivity index (χ3n) is 2.71. The van der Waals surface area contributed by atoms with E-state index in [0.717, 1.165) is 6.42 Å². The van der Waals surface area contributed by atoms with Gasteiger partial charge < -0.3 is 14.3 Å². The molecule has 18 heavy (non-hydrogen) atoms. The van der Waals surface area contributed by atoms with E-state index in [4.69, 9.17) is 4.42 Å². The van der Waals surface area contributed by atoms with Gasteiger partial charge in [-0.15, -0.1) is 0 Å². The molecule has 0 saturated carbocycles. The second-order valence-electron chi connectivity index (χ2n) is 4.13. The predicted molar refractivity (Wildman–Crippen MR) is 66.6 cm³/mol. The van der Waals surface area contributed by atoms with Crippen LogP contribution in [0.5, 0.6) is 0 Å². The summed E-state index contributed by atoms with van der Waals surface area (Å²) in [5, 5.41) is 2.98. The van der Waals surface area contributed by atoms with Crippen molar-refractivity contribution in [3.05, 3.63) is 28.0 Å². The van der Waals surface area contributed by atoms with Crippen molar-refractivity contribution in [2.45, 2.75) is 20.3 Å². The Kier molecular flexibility index (Phi) is 3.18. The number of nitrogens with zero attached hydrogens (tertiary/aromatic N) is 2. The number of carbonyl (C=O) groups excluding carboxylic acids is 1. The van der Waals surface area contributed by atoms with E-state index in [-0.39, 0.29) is 28.1 Å². The van der Waals surface area contributed by atoms with E-state index in [1.165, 1.54) is 10.9 Å². The minimum Gasteiger partial charge on any atom is -0.442 e. The Labute approximate surface area is 104 Å². The van der Waals surface area contributed by atoms with Crippen molar-refractivity contribution in [3.63, 3.8) is 0 Å². The molecule has 0 unspecified atom stereocenters. The zero-order chi connectivity index (χ0) is 13.3. The van der Waals surface area contributed by atoms with Crippen LogP contribution in [0.2, 0.25) is 0 Å². The lowest BCUT2D eigenvalue weighted by molar-refractivity contribution is 0.0953. The van der Waals surface area contributed by atoms with Crippen LogP contribution in [0.3, 0.4) is 0 Å². The number of amides is 1. The number of hydrogen-bond donors (Lipinski definition) is 1. The Morgan fingerprint density at radius 1 is 1.56 bits per heavy atom. The molecule has 0 radical (unpaired) electrons. The minimum absolute atomic E-state index is 0.206. The SMILES string of the molecule is CCCNC(=O)c1c(C)oc2ncn(C)c(=O)c12. The Morgan fingerprint density at radius 3 is 2.94 bits per heavy atom. The molecule has 0 aliphatic rings. The Balaban J connectivity index is 2.63. The van der Waals surface area contributed by atoms with Gasteiger partial charge in [-0.3, -0.25) is 9.59 Å². The summed E-state index contributed by atoms with van der Waals surface area (Å²) in [5.41, 5.74) is 0.211. The highest BCUT2D eigenvalue weighted by Crippen LogP contribution is 2.20. The first-order valence-electron chi connectivity index (χ1n) is 5.79. The van der Waals surface area contributed by atoms with Gasteiger partial charge in [-0.25, -0.2) is 4.98 Å². The molecule has 2 rings (SSSR count). The number of aromatic nitrogens is 2. The zero-order valence-corrected chi connectivity index (χ0v) is 10.6. The number of rotatable bonds is 3. The third kappa shape index (κ3) is 1.90. The van der Waals surface area contributed by atoms with Crippen LogP contribution < -0.4 is 10.9 Å². The van der Waals surface area contributed by atoms with E-state index in [1.807, 2.05) is 6.92 Å². The van der Waals surface area contributed by atoms with E-state index in [9.17, 15) is 9.59 Å². The largest absolute Gasteiger partial charge is 0.442 e. The van der Waals surface area contributed by atoms with Gasteiger partial charge in [0.05, 0.1) is 5.56 Å². The number of aryl methyl sites for hydroxylation is 2. The molecule has 6 heteroatoms. The van der Waals surface area contributed by atoms with Crippen molar-refractivity contribution in [2.24, 2.45) is 7.05 Å². The molecule has 0 aromatic carbocycles. The molecule has 0 spiro atoms. The van der Waals surface area contributed by atoms with Gasteiger partial charge in [0.25, 0.3) is 11.5 Å². The maximum absolute atomic E-state index is 12.0. The van der Waals surface area contributed by atoms with Crippen molar-refractivity contribution < 1.29 is 9.21 Å². The zero-order valence-electron chi connectivity index (χ0n) is 10.6. The fraction of sp³-hybridized carbons (Fsp3) is 0.417. The molecule has 2 aromatic rings. The highest BCUT2D eigenvalue weighted by molar-refractivity contribution is 6.06. The summed E-state index contributed by atoms with van der Waals surface area (Å²) in [6.45, 7) is 4.18. The van der Waals surface area contributed by atoms with Gasteiger partial charge in [-0.2, -0.15) is 0 Å². The first-order valence-corrected chi connectivity index (χ1v) is 5.79. The molecular weight excluding hydrogens is 234 g/mol. The van der Waals surface area contributed by atoms with Gasteiger partial charge in [0.1, 0.15) is 17.5 Å². The van der Waals surface area contributed by atoms with Crippen LogP contribution in [-0.4, -0.2) is 22.0 Å². The normalized spacial score (nSPS) is 10.8. The van der Waals surface area contributed by atoms with Crippen LogP contribution in [-0.2, 0) is 7.05 Å². The second kappa shape index (κ2) is 4.64. The average molecular weight is 249 g/mol. The number of furan rings is 1. The van der Waals surface area contributed by atoms with Crippen LogP contribution in [0.25, 0.3) is 11.1 Å². The average Bonchev–Trinajstić information content (AvgIpc) is 2.68. The number of fused-ring (bicyclic) bond motifs is 1. The summed E-state index contributed by atoms with van der Waals surface area (Å²) < 4.78 is 6.68. The molecule has 0 aliphatic heterocycles. The maximum Gasteiger partial charge on any atom is 0.265 e. The Morgan fingerprint density at radius 2 is 2.28 bits per heavy atom. The number of nitrogens with one attached hydrogen (secondary N) is 1. The first kappa shape index (κ1) is 12.3. The smallest absolute Gasteiger partial charge is 0.265 e. The van der Waals surface area contributed by atoms with Gasteiger partial charge in [0, 0.05) is 13.6 Å². The summed E-state index contributed by atoms with van der Waals surface area (Å²) in [5.74, 6) is 0.118. The van der Waals surface area contributed by atoms with Crippen LogP contribution in [0, 0.1) is 6.92 Å². The van der Waals surface area contributed by atoms with Gasteiger partial charge in [-0.1, -0.05) is 6.92 Å². The Hall–Kier alpha value is -2.11. The molecule has 2 heterocycles. The van der Waals surface area contributed by atoms with Crippen molar-refractivity contribution in [1.29, 1.82) is 0 Å². The monoisotopic (exact) mass is 249 g/mol. The maximum atomic E-state index is 12.0. The van der Waals surface area contributed by atoms with Crippen molar-refractivity contribution >= 4 is 17.0 Å². The molecular formula is C12H15N3O3. The summed E-state index contributed by atoms with van der Waals surface area (Å²) >= 11 is 0. The van der Waals surface area contributed by atoms with Gasteiger partial charge in [0.15, 0.2) is 0 Å². The summed E-state index contributed by atoms with van der Waals surface area (Å²) in [6, 6.07) is 0. The fourth-order valence-corrected chi connectivity index (χ4v) is 1.79. The Bertz CT molecular complexity index is 654. The standard InChI is InChI=1S/C12H15N3O3/c1-4-5-13-10(16)8-7(2)18-11-9(8)12(17)15(3)6-14-11/h6H,4-5H2,1-3H3,(H,13,16). The third-order valence-corrected chi connectivity index (χ3v) is 2.71. The molecule has 2 aromatic heterocycles. The lowest BCUT2D eigenvalue weighted by atomic mass is 10.2. The molecule has 96 valence electrons. The first-order chi connectivity index (χ1) is 8.56. The fourth-order valence-electron chi connectivity index (χ4n) is 1.79. The lowest BCUT2D eigenvalue weighted by Gasteiger charge is -2.02. The quantitative estimate of drug-likeness (QED) is 0.879. The van der Waals surface area contributed by atoms with Crippen LogP contribution >= 0.6 is 0 Å².